The number of fused-ring (bicyclic) bond motifs is 1. The second-order valence-electron chi connectivity index (χ2n) is 8.82. The summed E-state index contributed by atoms with van der Waals surface area (Å²) in [6.07, 6.45) is 7.37. The number of rotatable bonds is 5. The minimum absolute atomic E-state index is 0.129. The molecule has 5 rings (SSSR count). The Kier molecular flexibility index (Phi) is 6.35. The van der Waals surface area contributed by atoms with Gasteiger partial charge in [-0.05, 0) is 64.2 Å². The van der Waals surface area contributed by atoms with Gasteiger partial charge in [0.1, 0.15) is 5.52 Å². The van der Waals surface area contributed by atoms with Crippen molar-refractivity contribution in [1.82, 2.24) is 24.6 Å². The van der Waals surface area contributed by atoms with Crippen LogP contribution in [-0.2, 0) is 0 Å². The van der Waals surface area contributed by atoms with Crippen molar-refractivity contribution in [2.75, 3.05) is 25.5 Å². The number of hydrogen-bond acceptors (Lipinski definition) is 7. The Hall–Kier alpha value is -3.20. The zero-order valence-electron chi connectivity index (χ0n) is 19.3. The number of halogens is 2. The molecular weight excluding hydrogens is 487 g/mol. The lowest BCUT2D eigenvalue weighted by atomic mass is 10.1. The highest BCUT2D eigenvalue weighted by Gasteiger charge is 2.20. The average molecular weight is 511 g/mol. The highest BCUT2D eigenvalue weighted by molar-refractivity contribution is 6.37. The number of phenols is 1. The fourth-order valence-electron chi connectivity index (χ4n) is 4.34. The molecule has 180 valence electrons. The van der Waals surface area contributed by atoms with E-state index in [9.17, 15) is 9.90 Å². The van der Waals surface area contributed by atoms with Crippen molar-refractivity contribution in [2.45, 2.75) is 25.8 Å². The summed E-state index contributed by atoms with van der Waals surface area (Å²) in [6.45, 7) is 3.57. The van der Waals surface area contributed by atoms with E-state index < -0.39 is 0 Å². The minimum Gasteiger partial charge on any atom is -0.505 e. The number of aromatic hydroxyl groups is 1. The first-order valence-corrected chi connectivity index (χ1v) is 12.0. The summed E-state index contributed by atoms with van der Waals surface area (Å²) in [7, 11) is 2.13. The first kappa shape index (κ1) is 23.5. The largest absolute Gasteiger partial charge is 0.505 e. The van der Waals surface area contributed by atoms with Gasteiger partial charge in [-0.25, -0.2) is 4.98 Å². The Morgan fingerprint density at radius 2 is 1.86 bits per heavy atom. The SMILES string of the molecule is CC(=O)c1cnc2ccc(-c3cc(Cl)c(O)c(Cl)c3)nc2c1Nc1cnn(C2CCN(C)CC2)c1. The van der Waals surface area contributed by atoms with Crippen molar-refractivity contribution in [2.24, 2.45) is 0 Å². The lowest BCUT2D eigenvalue weighted by molar-refractivity contribution is 0.101. The van der Waals surface area contributed by atoms with Gasteiger partial charge in [-0.3, -0.25) is 14.5 Å². The lowest BCUT2D eigenvalue weighted by Crippen LogP contribution is -2.31. The molecule has 4 heterocycles. The summed E-state index contributed by atoms with van der Waals surface area (Å²) in [5.74, 6) is -0.310. The molecule has 10 heteroatoms. The van der Waals surface area contributed by atoms with Crippen LogP contribution in [0.25, 0.3) is 22.3 Å². The summed E-state index contributed by atoms with van der Waals surface area (Å²) in [4.78, 5) is 24.0. The second-order valence-corrected chi connectivity index (χ2v) is 9.64. The van der Waals surface area contributed by atoms with E-state index >= 15 is 0 Å². The first-order valence-electron chi connectivity index (χ1n) is 11.3. The number of Topliss-reactive ketones (excluding diaryl/α,β-unsaturated/α-hetero) is 1. The molecule has 35 heavy (non-hydrogen) atoms. The van der Waals surface area contributed by atoms with Crippen LogP contribution in [0.15, 0.2) is 42.9 Å². The van der Waals surface area contributed by atoms with Crippen molar-refractivity contribution < 1.29 is 9.90 Å². The third-order valence-corrected chi connectivity index (χ3v) is 6.91. The number of nitrogens with zero attached hydrogens (tertiary/aromatic N) is 5. The summed E-state index contributed by atoms with van der Waals surface area (Å²) < 4.78 is 1.99. The lowest BCUT2D eigenvalue weighted by Gasteiger charge is -2.28. The van der Waals surface area contributed by atoms with Crippen LogP contribution in [0, 0.1) is 0 Å². The van der Waals surface area contributed by atoms with E-state index in [1.807, 2.05) is 16.9 Å². The Balaban J connectivity index is 1.55. The molecule has 0 amide bonds. The number of carbonyl (C=O) groups excluding carboxylic acids is 1. The monoisotopic (exact) mass is 510 g/mol. The molecule has 0 unspecified atom stereocenters. The van der Waals surface area contributed by atoms with E-state index in [4.69, 9.17) is 28.2 Å². The van der Waals surface area contributed by atoms with E-state index in [1.54, 1.807) is 30.6 Å². The van der Waals surface area contributed by atoms with Gasteiger partial charge >= 0.3 is 0 Å². The molecule has 0 spiro atoms. The smallest absolute Gasteiger partial charge is 0.163 e. The molecule has 0 radical (unpaired) electrons. The number of piperidine rings is 1. The van der Waals surface area contributed by atoms with Gasteiger partial charge in [0.25, 0.3) is 0 Å². The van der Waals surface area contributed by atoms with Crippen molar-refractivity contribution in [3.05, 3.63) is 58.5 Å². The fraction of sp³-hybridized carbons (Fsp3) is 0.280. The standard InChI is InChI=1S/C25H24Cl2N6O2/c1-14(34)18-12-28-22-4-3-21(15-9-19(26)25(35)20(27)10-15)31-24(22)23(18)30-16-11-29-33(13-16)17-5-7-32(2)8-6-17/h3-4,9-13,17,35H,5-8H2,1-2H3,(H,28,30). The van der Waals surface area contributed by atoms with Crippen LogP contribution >= 0.6 is 23.2 Å². The third kappa shape index (κ3) is 4.69. The summed E-state index contributed by atoms with van der Waals surface area (Å²) in [6, 6.07) is 7.15. The van der Waals surface area contributed by atoms with E-state index in [1.165, 1.54) is 6.92 Å². The number of pyridine rings is 2. The van der Waals surface area contributed by atoms with Crippen LogP contribution in [-0.4, -0.2) is 55.7 Å². The molecule has 1 aliphatic rings. The van der Waals surface area contributed by atoms with Crippen LogP contribution < -0.4 is 5.32 Å². The highest BCUT2D eigenvalue weighted by Crippen LogP contribution is 2.37. The number of aromatic nitrogens is 4. The van der Waals surface area contributed by atoms with Crippen LogP contribution in [0.1, 0.15) is 36.2 Å². The van der Waals surface area contributed by atoms with Gasteiger partial charge in [0.05, 0.1) is 50.4 Å². The molecule has 0 saturated carbocycles. The van der Waals surface area contributed by atoms with E-state index in [0.717, 1.165) is 31.6 Å². The molecular formula is C25H24Cl2N6O2. The number of anilines is 2. The molecule has 1 aromatic carbocycles. The number of nitrogens with one attached hydrogen (secondary N) is 1. The van der Waals surface area contributed by atoms with Gasteiger partial charge in [0, 0.05) is 18.0 Å². The maximum atomic E-state index is 12.5. The van der Waals surface area contributed by atoms with Crippen molar-refractivity contribution in [3.8, 4) is 17.0 Å². The van der Waals surface area contributed by atoms with E-state index in [2.05, 4.69) is 27.3 Å². The van der Waals surface area contributed by atoms with Gasteiger partial charge in [0.15, 0.2) is 11.5 Å². The Morgan fingerprint density at radius 1 is 1.14 bits per heavy atom. The number of benzene rings is 1. The number of ketones is 1. The number of likely N-dealkylation sites (tertiary alicyclic amines) is 1. The molecule has 1 aliphatic heterocycles. The molecule has 0 bridgehead atoms. The first-order chi connectivity index (χ1) is 16.8. The quantitative estimate of drug-likeness (QED) is 0.331. The van der Waals surface area contributed by atoms with Crippen molar-refractivity contribution >= 4 is 51.4 Å². The zero-order chi connectivity index (χ0) is 24.7. The van der Waals surface area contributed by atoms with Crippen LogP contribution in [0.3, 0.4) is 0 Å². The topological polar surface area (TPSA) is 96.2 Å². The summed E-state index contributed by atoms with van der Waals surface area (Å²) in [5, 5.41) is 18.1. The predicted molar refractivity (Wildman–Crippen MR) is 138 cm³/mol. The number of phenolic OH excluding ortho intramolecular Hbond substituents is 1. The van der Waals surface area contributed by atoms with E-state index in [-0.39, 0.29) is 21.6 Å². The van der Waals surface area contributed by atoms with Crippen LogP contribution in [0.4, 0.5) is 11.4 Å². The predicted octanol–water partition coefficient (Wildman–Crippen LogP) is 5.72. The van der Waals surface area contributed by atoms with Crippen LogP contribution in [0.5, 0.6) is 5.75 Å². The highest BCUT2D eigenvalue weighted by atomic mass is 35.5. The number of hydrogen-bond donors (Lipinski definition) is 2. The van der Waals surface area contributed by atoms with Gasteiger partial charge in [-0.2, -0.15) is 5.10 Å². The molecule has 2 N–H and O–H groups in total. The van der Waals surface area contributed by atoms with Crippen molar-refractivity contribution in [1.29, 1.82) is 0 Å². The maximum Gasteiger partial charge on any atom is 0.163 e. The Labute approximate surface area is 212 Å². The number of carbonyl (C=O) groups is 1. The molecule has 0 aliphatic carbocycles. The molecule has 4 aromatic rings. The molecule has 1 fully saturated rings. The van der Waals surface area contributed by atoms with E-state index in [0.29, 0.717) is 39.6 Å². The Morgan fingerprint density at radius 3 is 2.54 bits per heavy atom. The van der Waals surface area contributed by atoms with Gasteiger partial charge < -0.3 is 15.3 Å². The van der Waals surface area contributed by atoms with Crippen LogP contribution in [0.2, 0.25) is 10.0 Å². The fourth-order valence-corrected chi connectivity index (χ4v) is 4.83. The van der Waals surface area contributed by atoms with Gasteiger partial charge in [-0.1, -0.05) is 23.2 Å². The molecule has 3 aromatic heterocycles. The molecule has 0 atom stereocenters. The maximum absolute atomic E-state index is 12.5. The molecule has 1 saturated heterocycles. The van der Waals surface area contributed by atoms with Crippen molar-refractivity contribution in [3.63, 3.8) is 0 Å². The summed E-state index contributed by atoms with van der Waals surface area (Å²) >= 11 is 12.2. The Bertz CT molecular complexity index is 1410. The summed E-state index contributed by atoms with van der Waals surface area (Å²) in [5.41, 5.74) is 4.12. The van der Waals surface area contributed by atoms with Gasteiger partial charge in [-0.15, -0.1) is 0 Å². The second kappa shape index (κ2) is 9.45. The molecule has 8 nitrogen and oxygen atoms in total. The minimum atomic E-state index is -0.178. The third-order valence-electron chi connectivity index (χ3n) is 6.34. The zero-order valence-corrected chi connectivity index (χ0v) is 20.8. The normalized spacial score (nSPS) is 15.0. The van der Waals surface area contributed by atoms with Gasteiger partial charge in [0.2, 0.25) is 0 Å². The average Bonchev–Trinajstić information content (AvgIpc) is 3.31.